The van der Waals surface area contributed by atoms with Crippen LogP contribution < -0.4 is 11.1 Å². The molecule has 0 saturated carbocycles. The third-order valence-corrected chi connectivity index (χ3v) is 13.1. The zero-order chi connectivity index (χ0) is 41.8. The van der Waals surface area contributed by atoms with Crippen LogP contribution in [0.15, 0.2) is 212 Å². The summed E-state index contributed by atoms with van der Waals surface area (Å²) in [5, 5.41) is 8.78. The van der Waals surface area contributed by atoms with E-state index in [2.05, 4.69) is 218 Å². The minimum Gasteiger partial charge on any atom is -0.366 e. The van der Waals surface area contributed by atoms with E-state index in [9.17, 15) is 0 Å². The largest absolute Gasteiger partial charge is 0.366 e. The SMILES string of the molecule is CC1(C)c2cc3ccccc3cc2-c2c(-c3ccc(/C(=C/Cc4ccccc4-c4ccc5c6ccccc6n(-c6ccccc6)c5c4)NC(N)c4ccccc4)cc3)cccc21. The average Bonchev–Trinajstić information content (AvgIpc) is 3.77. The van der Waals surface area contributed by atoms with E-state index in [1.807, 2.05) is 18.2 Å². The van der Waals surface area contributed by atoms with Crippen LogP contribution in [0.2, 0.25) is 0 Å². The Balaban J connectivity index is 0.974. The molecule has 1 heterocycles. The molecule has 1 atom stereocenters. The van der Waals surface area contributed by atoms with Crippen LogP contribution in [0.25, 0.3) is 77.3 Å². The van der Waals surface area contributed by atoms with Gasteiger partial charge in [-0.15, -0.1) is 0 Å². The van der Waals surface area contributed by atoms with Gasteiger partial charge >= 0.3 is 0 Å². The molecule has 0 aliphatic heterocycles. The number of para-hydroxylation sites is 2. The van der Waals surface area contributed by atoms with Crippen LogP contribution in [-0.4, -0.2) is 4.57 Å². The van der Waals surface area contributed by atoms with Crippen LogP contribution in [0.4, 0.5) is 0 Å². The Kier molecular flexibility index (Phi) is 9.21. The summed E-state index contributed by atoms with van der Waals surface area (Å²) in [6.07, 6.45) is 2.64. The topological polar surface area (TPSA) is 43.0 Å². The Morgan fingerprint density at radius 1 is 0.548 bits per heavy atom. The van der Waals surface area contributed by atoms with Gasteiger partial charge in [-0.05, 0) is 115 Å². The number of nitrogens with two attached hydrogens (primary N) is 1. The number of allylic oxidation sites excluding steroid dienone is 1. The lowest BCUT2D eigenvalue weighted by molar-refractivity contribution is 0.661. The highest BCUT2D eigenvalue weighted by atomic mass is 15.0. The minimum atomic E-state index is -0.384. The summed E-state index contributed by atoms with van der Waals surface area (Å²) >= 11 is 0. The predicted molar refractivity (Wildman–Crippen MR) is 261 cm³/mol. The van der Waals surface area contributed by atoms with Crippen molar-refractivity contribution in [3.8, 4) is 39.1 Å². The zero-order valence-electron chi connectivity index (χ0n) is 35.0. The maximum Gasteiger partial charge on any atom is 0.101 e. The summed E-state index contributed by atoms with van der Waals surface area (Å²) in [5.41, 5.74) is 25.0. The highest BCUT2D eigenvalue weighted by Gasteiger charge is 2.37. The molecule has 3 N–H and O–H groups in total. The normalized spacial score (nSPS) is 13.6. The molecule has 1 aromatic heterocycles. The first-order valence-electron chi connectivity index (χ1n) is 21.6. The molecule has 0 saturated heterocycles. The maximum atomic E-state index is 6.91. The van der Waals surface area contributed by atoms with Crippen molar-refractivity contribution in [2.24, 2.45) is 5.73 Å². The highest BCUT2D eigenvalue weighted by molar-refractivity contribution is 6.10. The van der Waals surface area contributed by atoms with E-state index in [0.717, 1.165) is 22.5 Å². The van der Waals surface area contributed by atoms with Gasteiger partial charge < -0.3 is 15.6 Å². The van der Waals surface area contributed by atoms with Gasteiger partial charge in [0.2, 0.25) is 0 Å². The third-order valence-electron chi connectivity index (χ3n) is 13.1. The Morgan fingerprint density at radius 3 is 2.00 bits per heavy atom. The summed E-state index contributed by atoms with van der Waals surface area (Å²) < 4.78 is 2.39. The smallest absolute Gasteiger partial charge is 0.101 e. The van der Waals surface area contributed by atoms with Gasteiger partial charge in [-0.2, -0.15) is 0 Å². The molecule has 1 aliphatic rings. The summed E-state index contributed by atoms with van der Waals surface area (Å²) in [6.45, 7) is 4.72. The zero-order valence-corrected chi connectivity index (χ0v) is 35.0. The minimum absolute atomic E-state index is 0.0968. The van der Waals surface area contributed by atoms with E-state index in [0.29, 0.717) is 6.42 Å². The Hall–Kier alpha value is -7.46. The lowest BCUT2D eigenvalue weighted by Crippen LogP contribution is -2.27. The van der Waals surface area contributed by atoms with Gasteiger partial charge in [0.05, 0.1) is 11.0 Å². The average molecular weight is 798 g/mol. The summed E-state index contributed by atoms with van der Waals surface area (Å²) in [4.78, 5) is 0. The van der Waals surface area contributed by atoms with Crippen LogP contribution in [0, 0.1) is 0 Å². The van der Waals surface area contributed by atoms with Gasteiger partial charge in [-0.3, -0.25) is 0 Å². The standard InChI is InChI=1S/C59H47N3/c1-59(2)52-26-15-25-48(57(52)51-36-43-19-9-10-20-44(43)37-53(51)59)40-28-30-41(31-29-40)54(61-58(60)42-17-5-3-6-18-42)35-33-39-16-11-12-23-47(39)45-32-34-50-49-24-13-14-27-55(49)62(56(50)38-45)46-21-7-4-8-22-46/h3-32,34-38,58,61H,33,60H2,1-2H3/b54-35-. The quantitative estimate of drug-likeness (QED) is 0.143. The van der Waals surface area contributed by atoms with Crippen LogP contribution in [-0.2, 0) is 11.8 Å². The number of hydrogen-bond donors (Lipinski definition) is 2. The Labute approximate surface area is 363 Å². The van der Waals surface area contributed by atoms with E-state index in [1.54, 1.807) is 0 Å². The van der Waals surface area contributed by atoms with Crippen LogP contribution >= 0.6 is 0 Å². The van der Waals surface area contributed by atoms with Gasteiger partial charge in [0.15, 0.2) is 0 Å². The molecule has 1 aliphatic carbocycles. The van der Waals surface area contributed by atoms with Crippen LogP contribution in [0.5, 0.6) is 0 Å². The summed E-state index contributed by atoms with van der Waals surface area (Å²) in [5.74, 6) is 0. The van der Waals surface area contributed by atoms with E-state index >= 15 is 0 Å². The number of benzene rings is 9. The van der Waals surface area contributed by atoms with Crippen molar-refractivity contribution >= 4 is 38.3 Å². The molecule has 3 nitrogen and oxygen atoms in total. The van der Waals surface area contributed by atoms with Gasteiger partial charge in [-0.25, -0.2) is 0 Å². The van der Waals surface area contributed by atoms with Gasteiger partial charge in [-0.1, -0.05) is 190 Å². The van der Waals surface area contributed by atoms with Gasteiger partial charge in [0.25, 0.3) is 0 Å². The molecule has 0 fully saturated rings. The van der Waals surface area contributed by atoms with Crippen molar-refractivity contribution in [3.05, 3.63) is 240 Å². The second-order valence-electron chi connectivity index (χ2n) is 17.1. The number of fused-ring (bicyclic) bond motifs is 7. The van der Waals surface area contributed by atoms with Crippen molar-refractivity contribution < 1.29 is 0 Å². The predicted octanol–water partition coefficient (Wildman–Crippen LogP) is 14.4. The van der Waals surface area contributed by atoms with Crippen molar-refractivity contribution in [1.82, 2.24) is 9.88 Å². The maximum absolute atomic E-state index is 6.91. The fourth-order valence-electron chi connectivity index (χ4n) is 9.90. The van der Waals surface area contributed by atoms with Crippen LogP contribution in [0.1, 0.15) is 47.8 Å². The van der Waals surface area contributed by atoms with Crippen molar-refractivity contribution in [1.29, 1.82) is 0 Å². The van der Waals surface area contributed by atoms with E-state index in [-0.39, 0.29) is 11.6 Å². The van der Waals surface area contributed by atoms with E-state index in [4.69, 9.17) is 5.73 Å². The van der Waals surface area contributed by atoms with Crippen molar-refractivity contribution in [2.45, 2.75) is 31.8 Å². The number of nitrogens with one attached hydrogen (secondary N) is 1. The van der Waals surface area contributed by atoms with Gasteiger partial charge in [0, 0.05) is 27.6 Å². The first kappa shape index (κ1) is 37.5. The number of hydrogen-bond acceptors (Lipinski definition) is 2. The lowest BCUT2D eigenvalue weighted by Gasteiger charge is -2.22. The van der Waals surface area contributed by atoms with Crippen molar-refractivity contribution in [3.63, 3.8) is 0 Å². The molecule has 0 amide bonds. The molecule has 0 spiro atoms. The van der Waals surface area contributed by atoms with E-state index < -0.39 is 0 Å². The Morgan fingerprint density at radius 2 is 1.19 bits per heavy atom. The molecule has 1 unspecified atom stereocenters. The van der Waals surface area contributed by atoms with E-state index in [1.165, 1.54) is 82.6 Å². The molecule has 298 valence electrons. The molecule has 62 heavy (non-hydrogen) atoms. The molecule has 0 radical (unpaired) electrons. The van der Waals surface area contributed by atoms with Crippen LogP contribution in [0.3, 0.4) is 0 Å². The second kappa shape index (κ2) is 15.2. The summed E-state index contributed by atoms with van der Waals surface area (Å²) in [6, 6.07) is 74.7. The second-order valence-corrected chi connectivity index (χ2v) is 17.1. The monoisotopic (exact) mass is 797 g/mol. The molecule has 9 aromatic carbocycles. The molecule has 11 rings (SSSR count). The van der Waals surface area contributed by atoms with Gasteiger partial charge in [0.1, 0.15) is 6.17 Å². The lowest BCUT2D eigenvalue weighted by atomic mass is 9.81. The number of aromatic nitrogens is 1. The highest BCUT2D eigenvalue weighted by Crippen LogP contribution is 2.53. The molecular weight excluding hydrogens is 751 g/mol. The first-order valence-corrected chi connectivity index (χ1v) is 21.6. The molecule has 10 aromatic rings. The molecular formula is C59H47N3. The fourth-order valence-corrected chi connectivity index (χ4v) is 9.90. The number of rotatable bonds is 9. The van der Waals surface area contributed by atoms with Crippen molar-refractivity contribution in [2.75, 3.05) is 0 Å². The fraction of sp³-hybridized carbons (Fsp3) is 0.0847. The molecule has 0 bridgehead atoms. The third kappa shape index (κ3) is 6.41. The number of nitrogens with zero attached hydrogens (tertiary/aromatic N) is 1. The first-order chi connectivity index (χ1) is 30.4. The Bertz CT molecular complexity index is 3320. The molecule has 3 heteroatoms. The summed E-state index contributed by atoms with van der Waals surface area (Å²) in [7, 11) is 0.